The quantitative estimate of drug-likeness (QED) is 0.856. The monoisotopic (exact) mass is 258 g/mol. The summed E-state index contributed by atoms with van der Waals surface area (Å²) in [4.78, 5) is 11.7. The molecule has 16 heavy (non-hydrogen) atoms. The van der Waals surface area contributed by atoms with Gasteiger partial charge in [-0.05, 0) is 12.8 Å². The van der Waals surface area contributed by atoms with Crippen molar-refractivity contribution >= 4 is 34.1 Å². The smallest absolute Gasteiger partial charge is 0.233 e. The lowest BCUT2D eigenvalue weighted by Gasteiger charge is -2.09. The van der Waals surface area contributed by atoms with Gasteiger partial charge in [-0.2, -0.15) is 0 Å². The van der Waals surface area contributed by atoms with E-state index in [-0.39, 0.29) is 11.2 Å². The predicted molar refractivity (Wildman–Crippen MR) is 66.0 cm³/mol. The van der Waals surface area contributed by atoms with Gasteiger partial charge < -0.3 is 10.6 Å². The first-order valence-electron chi connectivity index (χ1n) is 5.25. The van der Waals surface area contributed by atoms with E-state index in [2.05, 4.69) is 20.8 Å². The highest BCUT2D eigenvalue weighted by Crippen LogP contribution is 2.31. The van der Waals surface area contributed by atoms with Gasteiger partial charge in [0.25, 0.3) is 0 Å². The van der Waals surface area contributed by atoms with Crippen LogP contribution in [0.2, 0.25) is 0 Å². The molecule has 88 valence electrons. The van der Waals surface area contributed by atoms with Gasteiger partial charge in [-0.15, -0.1) is 10.2 Å². The van der Waals surface area contributed by atoms with Crippen LogP contribution in [-0.2, 0) is 4.79 Å². The fraction of sp³-hybridized carbons (Fsp3) is 0.667. The summed E-state index contributed by atoms with van der Waals surface area (Å²) < 4.78 is 0.853. The number of thioether (sulfide) groups is 1. The molecule has 1 aromatic rings. The Morgan fingerprint density at radius 2 is 2.38 bits per heavy atom. The first-order chi connectivity index (χ1) is 7.79. The Kier molecular flexibility index (Phi) is 4.00. The molecule has 1 aromatic heterocycles. The van der Waals surface area contributed by atoms with E-state index in [1.165, 1.54) is 23.1 Å². The molecule has 5 nitrogen and oxygen atoms in total. The molecule has 0 aliphatic carbocycles. The van der Waals surface area contributed by atoms with Crippen molar-refractivity contribution in [3.05, 3.63) is 0 Å². The molecule has 1 fully saturated rings. The minimum Gasteiger partial charge on any atom is -0.363 e. The molecule has 2 N–H and O–H groups in total. The van der Waals surface area contributed by atoms with E-state index in [4.69, 9.17) is 0 Å². The van der Waals surface area contributed by atoms with Gasteiger partial charge in [0, 0.05) is 13.6 Å². The van der Waals surface area contributed by atoms with E-state index in [1.54, 1.807) is 0 Å². The molecule has 1 amide bonds. The fourth-order valence-corrected chi connectivity index (χ4v) is 3.52. The largest absolute Gasteiger partial charge is 0.363 e. The number of aromatic nitrogens is 2. The zero-order chi connectivity index (χ0) is 11.4. The first kappa shape index (κ1) is 11.7. The number of hydrogen-bond acceptors (Lipinski definition) is 6. The van der Waals surface area contributed by atoms with Gasteiger partial charge in [-0.25, -0.2) is 0 Å². The van der Waals surface area contributed by atoms with E-state index in [9.17, 15) is 4.79 Å². The number of nitrogens with zero attached hydrogens (tertiary/aromatic N) is 2. The molecule has 0 saturated carbocycles. The molecule has 0 radical (unpaired) electrons. The Labute approximate surface area is 102 Å². The maximum atomic E-state index is 11.7. The summed E-state index contributed by atoms with van der Waals surface area (Å²) in [7, 11) is 1.81. The molecule has 0 spiro atoms. The Balaban J connectivity index is 1.99. The topological polar surface area (TPSA) is 66.9 Å². The molecular weight excluding hydrogens is 244 g/mol. The van der Waals surface area contributed by atoms with Crippen molar-refractivity contribution in [2.75, 3.05) is 18.9 Å². The highest BCUT2D eigenvalue weighted by atomic mass is 32.2. The van der Waals surface area contributed by atoms with E-state index in [1.807, 2.05) is 7.05 Å². The van der Waals surface area contributed by atoms with Crippen LogP contribution in [0.4, 0.5) is 5.13 Å². The summed E-state index contributed by atoms with van der Waals surface area (Å²) in [6, 6.07) is 0. The number of carbonyl (C=O) groups is 1. The van der Waals surface area contributed by atoms with Gasteiger partial charge in [0.1, 0.15) is 0 Å². The normalized spacial score (nSPS) is 21.3. The first-order valence-corrected chi connectivity index (χ1v) is 6.95. The van der Waals surface area contributed by atoms with Crippen LogP contribution in [0.1, 0.15) is 19.3 Å². The van der Waals surface area contributed by atoms with Gasteiger partial charge in [-0.3, -0.25) is 4.79 Å². The van der Waals surface area contributed by atoms with Crippen LogP contribution in [0.5, 0.6) is 0 Å². The summed E-state index contributed by atoms with van der Waals surface area (Å²) in [6.45, 7) is 0.799. The van der Waals surface area contributed by atoms with E-state index in [0.717, 1.165) is 35.3 Å². The van der Waals surface area contributed by atoms with Crippen LogP contribution in [0.15, 0.2) is 4.34 Å². The summed E-state index contributed by atoms with van der Waals surface area (Å²) in [6.07, 6.45) is 3.08. The van der Waals surface area contributed by atoms with Crippen LogP contribution >= 0.6 is 23.1 Å². The molecule has 2 heterocycles. The number of nitrogens with one attached hydrogen (secondary N) is 2. The summed E-state index contributed by atoms with van der Waals surface area (Å²) in [5, 5.41) is 14.6. The summed E-state index contributed by atoms with van der Waals surface area (Å²) in [5.74, 6) is 0.128. The Morgan fingerprint density at radius 3 is 3.12 bits per heavy atom. The number of anilines is 1. The van der Waals surface area contributed by atoms with Gasteiger partial charge >= 0.3 is 0 Å². The third kappa shape index (κ3) is 2.85. The second kappa shape index (κ2) is 5.49. The number of hydrogen-bond donors (Lipinski definition) is 2. The van der Waals surface area contributed by atoms with Crippen molar-refractivity contribution < 1.29 is 4.79 Å². The van der Waals surface area contributed by atoms with Crippen molar-refractivity contribution in [3.8, 4) is 0 Å². The van der Waals surface area contributed by atoms with Crippen molar-refractivity contribution in [1.29, 1.82) is 0 Å². The molecule has 0 aromatic carbocycles. The highest BCUT2D eigenvalue weighted by molar-refractivity contribution is 8.02. The summed E-state index contributed by atoms with van der Waals surface area (Å²) in [5.41, 5.74) is 0. The minimum absolute atomic E-state index is 0.0137. The molecule has 7 heteroatoms. The van der Waals surface area contributed by atoms with E-state index < -0.39 is 0 Å². The molecule has 1 atom stereocenters. The molecule has 2 rings (SSSR count). The van der Waals surface area contributed by atoms with Gasteiger partial charge in [0.2, 0.25) is 11.0 Å². The number of carbonyl (C=O) groups excluding carboxylic acids is 1. The van der Waals surface area contributed by atoms with Crippen molar-refractivity contribution in [2.24, 2.45) is 0 Å². The fourth-order valence-electron chi connectivity index (χ4n) is 1.50. The van der Waals surface area contributed by atoms with Crippen molar-refractivity contribution in [2.45, 2.75) is 28.9 Å². The molecule has 1 saturated heterocycles. The van der Waals surface area contributed by atoms with Gasteiger partial charge in [0.05, 0.1) is 5.25 Å². The summed E-state index contributed by atoms with van der Waals surface area (Å²) >= 11 is 3.00. The number of rotatable bonds is 3. The predicted octanol–water partition coefficient (Wildman–Crippen LogP) is 1.34. The standard InChI is InChI=1S/C9H14N4OS2/c1-10-8-12-13-9(16-8)15-6-4-2-3-5-11-7(6)14/h6H,2-5H2,1H3,(H,10,12)(H,11,14). The molecule has 1 unspecified atom stereocenters. The Hall–Kier alpha value is -0.820. The third-order valence-electron chi connectivity index (χ3n) is 2.35. The maximum Gasteiger partial charge on any atom is 0.233 e. The lowest BCUT2D eigenvalue weighted by Crippen LogP contribution is -2.30. The highest BCUT2D eigenvalue weighted by Gasteiger charge is 2.23. The number of amides is 1. The van der Waals surface area contributed by atoms with E-state index in [0.29, 0.717) is 0 Å². The average Bonchev–Trinajstić information content (AvgIpc) is 2.65. The third-order valence-corrected chi connectivity index (χ3v) is 4.64. The van der Waals surface area contributed by atoms with Crippen LogP contribution in [0.25, 0.3) is 0 Å². The molecule has 1 aliphatic rings. The Morgan fingerprint density at radius 1 is 1.50 bits per heavy atom. The molecule has 0 bridgehead atoms. The van der Waals surface area contributed by atoms with Gasteiger partial charge in [0.15, 0.2) is 4.34 Å². The molecular formula is C9H14N4OS2. The second-order valence-corrected chi connectivity index (χ2v) is 5.94. The van der Waals surface area contributed by atoms with Crippen LogP contribution in [-0.4, -0.2) is 34.9 Å². The lowest BCUT2D eigenvalue weighted by molar-refractivity contribution is -0.120. The van der Waals surface area contributed by atoms with Crippen LogP contribution < -0.4 is 10.6 Å². The average molecular weight is 258 g/mol. The zero-order valence-electron chi connectivity index (χ0n) is 9.02. The SMILES string of the molecule is CNc1nnc(SC2CCCCNC2=O)s1. The zero-order valence-corrected chi connectivity index (χ0v) is 10.7. The maximum absolute atomic E-state index is 11.7. The second-order valence-electron chi connectivity index (χ2n) is 3.52. The molecule has 1 aliphatic heterocycles. The van der Waals surface area contributed by atoms with Crippen molar-refractivity contribution in [3.63, 3.8) is 0 Å². The van der Waals surface area contributed by atoms with Crippen LogP contribution in [0.3, 0.4) is 0 Å². The Bertz CT molecular complexity index is 368. The van der Waals surface area contributed by atoms with E-state index >= 15 is 0 Å². The lowest BCUT2D eigenvalue weighted by atomic mass is 10.2. The van der Waals surface area contributed by atoms with Crippen molar-refractivity contribution in [1.82, 2.24) is 15.5 Å². The van der Waals surface area contributed by atoms with Crippen LogP contribution in [0, 0.1) is 0 Å². The minimum atomic E-state index is -0.0137. The van der Waals surface area contributed by atoms with Gasteiger partial charge in [-0.1, -0.05) is 29.5 Å².